The van der Waals surface area contributed by atoms with Crippen molar-refractivity contribution < 1.29 is 4.79 Å². The van der Waals surface area contributed by atoms with Crippen LogP contribution in [0.15, 0.2) is 55.1 Å². The molecule has 1 amide bonds. The standard InChI is InChI=1S/C24H24ClN5O/c25-19-5-7-21-18(14-19)4-3-17-2-1-9-27-23(17)24(21)30-12-10-29(11-13-30)22(31)8-6-20-15-26-16-28-20/h1-2,5-9,14-16,24H,3-4,10-13H2,(H,26,28)/b8-6+. The first-order valence-corrected chi connectivity index (χ1v) is 11.0. The maximum Gasteiger partial charge on any atom is 0.246 e. The van der Waals surface area contributed by atoms with Crippen LogP contribution in [-0.2, 0) is 17.6 Å². The fourth-order valence-corrected chi connectivity index (χ4v) is 4.77. The summed E-state index contributed by atoms with van der Waals surface area (Å²) < 4.78 is 0. The number of halogens is 1. The number of fused-ring (bicyclic) bond motifs is 2. The van der Waals surface area contributed by atoms with Gasteiger partial charge in [0, 0.05) is 49.7 Å². The SMILES string of the molecule is O=C(/C=C/c1c[nH]cn1)N1CCN(C2c3ccc(Cl)cc3CCc3cccnc32)CC1. The molecule has 1 fully saturated rings. The van der Waals surface area contributed by atoms with Crippen LogP contribution in [0.5, 0.6) is 0 Å². The summed E-state index contributed by atoms with van der Waals surface area (Å²) in [5.74, 6) is 0.0224. The minimum Gasteiger partial charge on any atom is -0.351 e. The maximum atomic E-state index is 12.6. The number of benzene rings is 1. The summed E-state index contributed by atoms with van der Waals surface area (Å²) >= 11 is 6.31. The summed E-state index contributed by atoms with van der Waals surface area (Å²) in [7, 11) is 0. The molecular weight excluding hydrogens is 410 g/mol. The van der Waals surface area contributed by atoms with E-state index < -0.39 is 0 Å². The minimum absolute atomic E-state index is 0.0224. The number of carbonyl (C=O) groups is 1. The van der Waals surface area contributed by atoms with E-state index in [2.05, 4.69) is 33.1 Å². The lowest BCUT2D eigenvalue weighted by atomic mass is 9.96. The van der Waals surface area contributed by atoms with Crippen molar-refractivity contribution in [1.82, 2.24) is 24.8 Å². The fraction of sp³-hybridized carbons (Fsp3) is 0.292. The molecule has 0 radical (unpaired) electrons. The van der Waals surface area contributed by atoms with Gasteiger partial charge in [0.2, 0.25) is 5.91 Å². The number of amides is 1. The Bertz CT molecular complexity index is 1100. The molecule has 1 aliphatic carbocycles. The molecule has 6 nitrogen and oxygen atoms in total. The van der Waals surface area contributed by atoms with E-state index in [0.717, 1.165) is 42.3 Å². The predicted octanol–water partition coefficient (Wildman–Crippen LogP) is 3.50. The second kappa shape index (κ2) is 8.65. The third-order valence-electron chi connectivity index (χ3n) is 6.16. The second-order valence-electron chi connectivity index (χ2n) is 7.98. The number of aromatic nitrogens is 3. The number of hydrogen-bond acceptors (Lipinski definition) is 4. The normalized spacial score (nSPS) is 19.1. The minimum atomic E-state index is 0.0224. The monoisotopic (exact) mass is 433 g/mol. The molecule has 31 heavy (non-hydrogen) atoms. The highest BCUT2D eigenvalue weighted by Crippen LogP contribution is 2.37. The Labute approximate surface area is 186 Å². The van der Waals surface area contributed by atoms with Gasteiger partial charge < -0.3 is 9.88 Å². The van der Waals surface area contributed by atoms with Crippen molar-refractivity contribution in [2.75, 3.05) is 26.2 Å². The molecule has 0 bridgehead atoms. The van der Waals surface area contributed by atoms with Crippen LogP contribution in [0, 0.1) is 0 Å². The van der Waals surface area contributed by atoms with Crippen LogP contribution in [-0.4, -0.2) is 56.8 Å². The van der Waals surface area contributed by atoms with E-state index in [4.69, 9.17) is 16.6 Å². The van der Waals surface area contributed by atoms with Crippen molar-refractivity contribution in [3.05, 3.63) is 88.2 Å². The molecule has 3 aromatic rings. The summed E-state index contributed by atoms with van der Waals surface area (Å²) in [5, 5.41) is 0.774. The van der Waals surface area contributed by atoms with E-state index in [0.29, 0.717) is 13.1 Å². The number of carbonyl (C=O) groups excluding carboxylic acids is 1. The summed E-state index contributed by atoms with van der Waals surface area (Å²) in [6, 6.07) is 10.5. The number of pyridine rings is 1. The van der Waals surface area contributed by atoms with E-state index in [9.17, 15) is 4.79 Å². The average molecular weight is 434 g/mol. The molecule has 2 aliphatic rings. The Hall–Kier alpha value is -2.96. The lowest BCUT2D eigenvalue weighted by Gasteiger charge is -2.39. The lowest BCUT2D eigenvalue weighted by molar-refractivity contribution is -0.127. The van der Waals surface area contributed by atoms with Crippen LogP contribution < -0.4 is 0 Å². The Morgan fingerprint density at radius 3 is 2.74 bits per heavy atom. The van der Waals surface area contributed by atoms with Crippen molar-refractivity contribution in [3.8, 4) is 0 Å². The third-order valence-corrected chi connectivity index (χ3v) is 6.39. The first-order chi connectivity index (χ1) is 15.2. The molecule has 1 N–H and O–H groups in total. The first-order valence-electron chi connectivity index (χ1n) is 10.6. The third kappa shape index (κ3) is 4.13. The van der Waals surface area contributed by atoms with Crippen molar-refractivity contribution in [2.45, 2.75) is 18.9 Å². The van der Waals surface area contributed by atoms with E-state index >= 15 is 0 Å². The number of aromatic amines is 1. The fourth-order valence-electron chi connectivity index (χ4n) is 4.58. The predicted molar refractivity (Wildman–Crippen MR) is 121 cm³/mol. The van der Waals surface area contributed by atoms with Gasteiger partial charge in [-0.15, -0.1) is 0 Å². The summed E-state index contributed by atoms with van der Waals surface area (Å²) in [4.78, 5) is 28.8. The van der Waals surface area contributed by atoms with Crippen LogP contribution >= 0.6 is 11.6 Å². The molecule has 1 aliphatic heterocycles. The molecule has 1 aromatic carbocycles. The van der Waals surface area contributed by atoms with Crippen LogP contribution in [0.1, 0.15) is 34.1 Å². The molecule has 158 valence electrons. The van der Waals surface area contributed by atoms with E-state index in [1.165, 1.54) is 16.7 Å². The summed E-state index contributed by atoms with van der Waals surface area (Å²) in [6.07, 6.45) is 10.5. The molecule has 2 aromatic heterocycles. The van der Waals surface area contributed by atoms with Gasteiger partial charge >= 0.3 is 0 Å². The van der Waals surface area contributed by atoms with E-state index in [-0.39, 0.29) is 11.9 Å². The number of hydrogen-bond donors (Lipinski definition) is 1. The zero-order valence-corrected chi connectivity index (χ0v) is 17.9. The quantitative estimate of drug-likeness (QED) is 0.642. The Kier molecular flexibility index (Phi) is 5.57. The highest BCUT2D eigenvalue weighted by atomic mass is 35.5. The second-order valence-corrected chi connectivity index (χ2v) is 8.42. The van der Waals surface area contributed by atoms with Crippen molar-refractivity contribution in [3.63, 3.8) is 0 Å². The van der Waals surface area contributed by atoms with Gasteiger partial charge in [0.05, 0.1) is 23.8 Å². The smallest absolute Gasteiger partial charge is 0.246 e. The summed E-state index contributed by atoms with van der Waals surface area (Å²) in [5.41, 5.74) is 5.74. The molecule has 3 heterocycles. The van der Waals surface area contributed by atoms with Gasteiger partial charge in [0.15, 0.2) is 0 Å². The largest absolute Gasteiger partial charge is 0.351 e. The maximum absolute atomic E-state index is 12.6. The number of rotatable bonds is 3. The molecule has 7 heteroatoms. The van der Waals surface area contributed by atoms with E-state index in [1.54, 1.807) is 24.7 Å². The number of piperazine rings is 1. The Morgan fingerprint density at radius 2 is 1.94 bits per heavy atom. The van der Waals surface area contributed by atoms with Crippen LogP contribution in [0.3, 0.4) is 0 Å². The molecule has 1 atom stereocenters. The Morgan fingerprint density at radius 1 is 1.10 bits per heavy atom. The number of H-pyrrole nitrogens is 1. The highest BCUT2D eigenvalue weighted by molar-refractivity contribution is 6.30. The number of aryl methyl sites for hydroxylation is 2. The molecule has 0 spiro atoms. The van der Waals surface area contributed by atoms with E-state index in [1.807, 2.05) is 23.2 Å². The van der Waals surface area contributed by atoms with Gasteiger partial charge in [0.1, 0.15) is 0 Å². The lowest BCUT2D eigenvalue weighted by Crippen LogP contribution is -2.49. The molecule has 1 unspecified atom stereocenters. The number of nitrogens with zero attached hydrogens (tertiary/aromatic N) is 4. The summed E-state index contributed by atoms with van der Waals surface area (Å²) in [6.45, 7) is 2.96. The zero-order valence-electron chi connectivity index (χ0n) is 17.2. The molecular formula is C24H24ClN5O. The topological polar surface area (TPSA) is 65.1 Å². The highest BCUT2D eigenvalue weighted by Gasteiger charge is 2.32. The first kappa shape index (κ1) is 20.0. The molecule has 0 saturated carbocycles. The van der Waals surface area contributed by atoms with Gasteiger partial charge in [-0.2, -0.15) is 0 Å². The van der Waals surface area contributed by atoms with Gasteiger partial charge in [-0.05, 0) is 53.8 Å². The van der Waals surface area contributed by atoms with Crippen LogP contribution in [0.2, 0.25) is 5.02 Å². The van der Waals surface area contributed by atoms with Crippen LogP contribution in [0.25, 0.3) is 6.08 Å². The van der Waals surface area contributed by atoms with Gasteiger partial charge in [-0.3, -0.25) is 14.7 Å². The van der Waals surface area contributed by atoms with Crippen LogP contribution in [0.4, 0.5) is 0 Å². The molecule has 5 rings (SSSR count). The average Bonchev–Trinajstić information content (AvgIpc) is 3.26. The molecule has 1 saturated heterocycles. The van der Waals surface area contributed by atoms with Crippen molar-refractivity contribution in [1.29, 1.82) is 0 Å². The van der Waals surface area contributed by atoms with Crippen molar-refractivity contribution >= 4 is 23.6 Å². The van der Waals surface area contributed by atoms with Gasteiger partial charge in [-0.25, -0.2) is 4.98 Å². The number of nitrogens with one attached hydrogen (secondary N) is 1. The van der Waals surface area contributed by atoms with Crippen molar-refractivity contribution in [2.24, 2.45) is 0 Å². The number of imidazole rings is 1. The zero-order chi connectivity index (χ0) is 21.2. The van der Waals surface area contributed by atoms with Gasteiger partial charge in [0.25, 0.3) is 0 Å². The van der Waals surface area contributed by atoms with Gasteiger partial charge in [-0.1, -0.05) is 23.7 Å². The Balaban J connectivity index is 1.37.